The average molecular weight is 761 g/mol. The molecule has 2 fully saturated rings. The Kier molecular flexibility index (Phi) is 13.3. The van der Waals surface area contributed by atoms with Crippen LogP contribution in [-0.4, -0.2) is 56.3 Å². The van der Waals surface area contributed by atoms with Gasteiger partial charge in [0.15, 0.2) is 0 Å². The molecule has 296 valence electrons. The Labute approximate surface area is 331 Å². The number of hydrogen-bond donors (Lipinski definition) is 2. The van der Waals surface area contributed by atoms with Crippen molar-refractivity contribution in [3.63, 3.8) is 0 Å². The summed E-state index contributed by atoms with van der Waals surface area (Å²) in [5.41, 5.74) is 1.35. The number of ether oxygens (including phenoxy) is 2. The van der Waals surface area contributed by atoms with E-state index in [9.17, 15) is 19.2 Å². The average Bonchev–Trinajstić information content (AvgIpc) is 3.58. The molecule has 2 atom stereocenters. The van der Waals surface area contributed by atoms with Crippen LogP contribution in [0.5, 0.6) is 0 Å². The molecule has 6 rings (SSSR count). The zero-order valence-electron chi connectivity index (χ0n) is 33.5. The summed E-state index contributed by atoms with van der Waals surface area (Å²) in [5, 5.41) is 6.08. The molecule has 0 unspecified atom stereocenters. The normalized spacial score (nSPS) is 19.5. The van der Waals surface area contributed by atoms with E-state index < -0.39 is 34.7 Å². The molecule has 0 saturated carbocycles. The van der Waals surface area contributed by atoms with Crippen LogP contribution in [-0.2, 0) is 45.0 Å². The van der Waals surface area contributed by atoms with Crippen LogP contribution >= 0.6 is 0 Å². The SMILES string of the molecule is CC(C)(C)OC(=O)N[C@]1(Cc2ccccc2)CCC(=O)N1Cc1ccccc1.CC(C)(C)OC(=O)N[C@]1(Cc2ccccc2)CCC(=O)N1Cc1ccccc1. The summed E-state index contributed by atoms with van der Waals surface area (Å²) in [6.45, 7) is 11.9. The van der Waals surface area contributed by atoms with Crippen LogP contribution < -0.4 is 10.6 Å². The predicted octanol–water partition coefficient (Wildman–Crippen LogP) is 8.55. The number of alkyl carbamates (subject to hydrolysis) is 2. The summed E-state index contributed by atoms with van der Waals surface area (Å²) in [6.07, 6.45) is 1.95. The van der Waals surface area contributed by atoms with Gasteiger partial charge in [-0.15, -0.1) is 0 Å². The number of nitrogens with one attached hydrogen (secondary N) is 2. The molecule has 56 heavy (non-hydrogen) atoms. The molecule has 2 heterocycles. The molecule has 4 aromatic carbocycles. The highest BCUT2D eigenvalue weighted by Crippen LogP contribution is 2.35. The maximum atomic E-state index is 12.8. The lowest BCUT2D eigenvalue weighted by Gasteiger charge is -2.40. The van der Waals surface area contributed by atoms with E-state index in [-0.39, 0.29) is 11.8 Å². The smallest absolute Gasteiger partial charge is 0.409 e. The second-order valence-corrected chi connectivity index (χ2v) is 16.6. The van der Waals surface area contributed by atoms with Crippen molar-refractivity contribution >= 4 is 24.0 Å². The molecule has 0 aliphatic carbocycles. The third-order valence-electron chi connectivity index (χ3n) is 9.65. The second-order valence-electron chi connectivity index (χ2n) is 16.6. The molecule has 10 heteroatoms. The lowest BCUT2D eigenvalue weighted by Crippen LogP contribution is -2.60. The molecule has 2 aliphatic rings. The number of carbonyl (C=O) groups excluding carboxylic acids is 4. The fraction of sp³-hybridized carbons (Fsp3) is 0.391. The van der Waals surface area contributed by atoms with Crippen LogP contribution in [0, 0.1) is 0 Å². The first kappa shape index (κ1) is 41.5. The van der Waals surface area contributed by atoms with Gasteiger partial charge in [-0.05, 0) is 76.6 Å². The van der Waals surface area contributed by atoms with Gasteiger partial charge in [-0.3, -0.25) is 20.2 Å². The molecule has 0 radical (unpaired) electrons. The lowest BCUT2D eigenvalue weighted by molar-refractivity contribution is -0.133. The van der Waals surface area contributed by atoms with Crippen LogP contribution in [0.2, 0.25) is 0 Å². The first-order chi connectivity index (χ1) is 26.5. The fourth-order valence-electron chi connectivity index (χ4n) is 7.23. The monoisotopic (exact) mass is 760 g/mol. The van der Waals surface area contributed by atoms with E-state index in [0.29, 0.717) is 51.6 Å². The van der Waals surface area contributed by atoms with Gasteiger partial charge in [0.1, 0.15) is 22.5 Å². The van der Waals surface area contributed by atoms with E-state index in [1.807, 2.05) is 163 Å². The second kappa shape index (κ2) is 17.9. The van der Waals surface area contributed by atoms with E-state index in [4.69, 9.17) is 9.47 Å². The molecule has 2 saturated heterocycles. The van der Waals surface area contributed by atoms with Crippen LogP contribution in [0.25, 0.3) is 0 Å². The minimum absolute atomic E-state index is 0.0378. The largest absolute Gasteiger partial charge is 0.444 e. The van der Waals surface area contributed by atoms with Gasteiger partial charge in [-0.25, -0.2) is 9.59 Å². The van der Waals surface area contributed by atoms with Crippen LogP contribution in [0.3, 0.4) is 0 Å². The van der Waals surface area contributed by atoms with Crippen molar-refractivity contribution in [2.24, 2.45) is 0 Å². The van der Waals surface area contributed by atoms with E-state index in [0.717, 1.165) is 22.3 Å². The Morgan fingerprint density at radius 1 is 0.518 bits per heavy atom. The van der Waals surface area contributed by atoms with Crippen LogP contribution in [0.1, 0.15) is 89.5 Å². The summed E-state index contributed by atoms with van der Waals surface area (Å²) >= 11 is 0. The minimum atomic E-state index is -0.809. The van der Waals surface area contributed by atoms with Crippen molar-refractivity contribution in [3.05, 3.63) is 144 Å². The highest BCUT2D eigenvalue weighted by Gasteiger charge is 2.48. The van der Waals surface area contributed by atoms with Crippen LogP contribution in [0.4, 0.5) is 9.59 Å². The van der Waals surface area contributed by atoms with Gasteiger partial charge in [0.25, 0.3) is 0 Å². The van der Waals surface area contributed by atoms with E-state index >= 15 is 0 Å². The molecule has 2 N–H and O–H groups in total. The minimum Gasteiger partial charge on any atom is -0.444 e. The molecular formula is C46H56N4O6. The molecule has 2 aliphatic heterocycles. The number of likely N-dealkylation sites (tertiary alicyclic amines) is 2. The summed E-state index contributed by atoms with van der Waals surface area (Å²) in [6, 6.07) is 39.5. The van der Waals surface area contributed by atoms with Gasteiger partial charge < -0.3 is 19.3 Å². The van der Waals surface area contributed by atoms with Crippen molar-refractivity contribution in [3.8, 4) is 0 Å². The van der Waals surface area contributed by atoms with Gasteiger partial charge in [-0.2, -0.15) is 0 Å². The van der Waals surface area contributed by atoms with Gasteiger partial charge in [0, 0.05) is 38.8 Å². The molecule has 0 spiro atoms. The Hall–Kier alpha value is -5.64. The first-order valence-corrected chi connectivity index (χ1v) is 19.3. The van der Waals surface area contributed by atoms with Crippen LogP contribution in [0.15, 0.2) is 121 Å². The fourth-order valence-corrected chi connectivity index (χ4v) is 7.23. The zero-order chi connectivity index (χ0) is 40.4. The number of amides is 4. The summed E-state index contributed by atoms with van der Waals surface area (Å²) in [4.78, 5) is 54.4. The standard InChI is InChI=1S/2C23H28N2O3/c2*1-22(2,3)28-21(27)24-23(16-18-10-6-4-7-11-18)15-14-20(26)25(23)17-19-12-8-5-9-13-19/h2*4-13H,14-17H2,1-3H3,(H,24,27)/t2*23-/m11/s1. The summed E-state index contributed by atoms with van der Waals surface area (Å²) in [7, 11) is 0. The molecule has 4 aromatic rings. The third kappa shape index (κ3) is 11.7. The van der Waals surface area contributed by atoms with E-state index in [2.05, 4.69) is 10.6 Å². The molecule has 10 nitrogen and oxygen atoms in total. The number of benzene rings is 4. The van der Waals surface area contributed by atoms with Gasteiger partial charge in [-0.1, -0.05) is 121 Å². The van der Waals surface area contributed by atoms with E-state index in [1.165, 1.54) is 0 Å². The third-order valence-corrected chi connectivity index (χ3v) is 9.65. The van der Waals surface area contributed by atoms with Gasteiger partial charge in [0.05, 0.1) is 0 Å². The lowest BCUT2D eigenvalue weighted by atomic mass is 9.96. The maximum absolute atomic E-state index is 12.8. The van der Waals surface area contributed by atoms with E-state index in [1.54, 1.807) is 9.80 Å². The Morgan fingerprint density at radius 3 is 1.09 bits per heavy atom. The Balaban J connectivity index is 0.000000214. The summed E-state index contributed by atoms with van der Waals surface area (Å²) < 4.78 is 11.0. The quantitative estimate of drug-likeness (QED) is 0.167. The van der Waals surface area contributed by atoms with Crippen molar-refractivity contribution in [1.29, 1.82) is 0 Å². The molecule has 0 bridgehead atoms. The Bertz CT molecular complexity index is 1770. The highest BCUT2D eigenvalue weighted by molar-refractivity contribution is 5.82. The molecule has 4 amide bonds. The van der Waals surface area contributed by atoms with Crippen molar-refractivity contribution in [2.45, 2.75) is 116 Å². The summed E-state index contributed by atoms with van der Waals surface area (Å²) in [5.74, 6) is 0.0756. The molecule has 0 aromatic heterocycles. The number of carbonyl (C=O) groups is 4. The molecular weight excluding hydrogens is 705 g/mol. The van der Waals surface area contributed by atoms with Crippen molar-refractivity contribution < 1.29 is 28.7 Å². The predicted molar refractivity (Wildman–Crippen MR) is 217 cm³/mol. The zero-order valence-corrected chi connectivity index (χ0v) is 33.5. The van der Waals surface area contributed by atoms with Gasteiger partial charge >= 0.3 is 12.2 Å². The van der Waals surface area contributed by atoms with Gasteiger partial charge in [0.2, 0.25) is 11.8 Å². The number of hydrogen-bond acceptors (Lipinski definition) is 6. The number of nitrogens with zero attached hydrogens (tertiary/aromatic N) is 2. The number of rotatable bonds is 10. The van der Waals surface area contributed by atoms with Crippen molar-refractivity contribution in [2.75, 3.05) is 0 Å². The Morgan fingerprint density at radius 2 is 0.804 bits per heavy atom. The topological polar surface area (TPSA) is 117 Å². The first-order valence-electron chi connectivity index (χ1n) is 19.3. The maximum Gasteiger partial charge on any atom is 0.409 e. The highest BCUT2D eigenvalue weighted by atomic mass is 16.6. The van der Waals surface area contributed by atoms with Crippen molar-refractivity contribution in [1.82, 2.24) is 20.4 Å².